The van der Waals surface area contributed by atoms with Gasteiger partial charge in [0.15, 0.2) is 36.3 Å². The van der Waals surface area contributed by atoms with Crippen LogP contribution in [0.5, 0.6) is 11.5 Å². The Morgan fingerprint density at radius 3 is 2.46 bits per heavy atom. The average molecular weight is 1010 g/mol. The summed E-state index contributed by atoms with van der Waals surface area (Å²) in [4.78, 5) is 62.9. The van der Waals surface area contributed by atoms with Gasteiger partial charge in [0.2, 0.25) is 0 Å². The molecule has 4 aliphatic rings. The van der Waals surface area contributed by atoms with Gasteiger partial charge in [-0.25, -0.2) is 42.5 Å². The molecule has 6 heterocycles. The van der Waals surface area contributed by atoms with Crippen LogP contribution in [0.15, 0.2) is 83.0 Å². The minimum Gasteiger partial charge on any atom is -0.494 e. The molecule has 1 aliphatic carbocycles. The minimum absolute atomic E-state index is 0.00881. The molecule has 1 spiro atoms. The number of phosphoric acid groups is 1. The quantitative estimate of drug-likeness (QED) is 0.0438. The van der Waals surface area contributed by atoms with Crippen LogP contribution in [0.4, 0.5) is 14.6 Å². The van der Waals surface area contributed by atoms with Crippen LogP contribution >= 0.6 is 26.0 Å². The fourth-order valence-electron chi connectivity index (χ4n) is 8.24. The average Bonchev–Trinajstić information content (AvgIpc) is 3.51. The summed E-state index contributed by atoms with van der Waals surface area (Å²) in [6.45, 7) is -2.80. The fraction of sp³-hybridized carbons (Fsp3) is 0.476. The lowest BCUT2D eigenvalue weighted by Gasteiger charge is -2.27. The molecule has 11 atom stereocenters. The molecule has 3 aromatic heterocycles. The molecule has 2 aromatic carbocycles. The Morgan fingerprint density at radius 2 is 1.69 bits per heavy atom. The number of benzene rings is 2. The van der Waals surface area contributed by atoms with Crippen LogP contribution in [-0.4, -0.2) is 95.5 Å². The number of unbranched alkanes of at least 4 members (excludes halogenated alkanes) is 5. The van der Waals surface area contributed by atoms with E-state index in [0.29, 0.717) is 34.9 Å². The molecule has 4 fully saturated rings. The van der Waals surface area contributed by atoms with E-state index in [-0.39, 0.29) is 34.9 Å². The number of hydrogen-bond donors (Lipinski definition) is 3. The van der Waals surface area contributed by atoms with Crippen molar-refractivity contribution in [1.82, 2.24) is 29.1 Å². The molecule has 9 rings (SSSR count). The maximum absolute atomic E-state index is 17.0. The number of nitrogens with one attached hydrogen (secondary N) is 1. The Morgan fingerprint density at radius 1 is 0.941 bits per heavy atom. The lowest BCUT2D eigenvalue weighted by molar-refractivity contribution is -0.0701. The largest absolute Gasteiger partial charge is 0.494 e. The summed E-state index contributed by atoms with van der Waals surface area (Å²) in [6.07, 6.45) is -5.11. The van der Waals surface area contributed by atoms with Crippen molar-refractivity contribution in [3.8, 4) is 11.5 Å². The maximum Gasteiger partial charge on any atom is 0.473 e. The van der Waals surface area contributed by atoms with Gasteiger partial charge in [0, 0.05) is 24.4 Å². The van der Waals surface area contributed by atoms with Gasteiger partial charge in [0.05, 0.1) is 25.1 Å². The SMILES string of the molecule is CCCCCCCCOc1ccc(C(=O)Oc2ccc(CSP3(=O)OC[C@H]4O[C@@H](n5ccc(=O)[nH]c5=O)[C@H](OP(=O)(O)O[C@@H]5CC56O[C@@H](n5cnc7c(N)ncnc75)[C@H](F)[C@@H]6O3)[C@@H]4F)cc2)cc1. The fourth-order valence-corrected chi connectivity index (χ4v) is 12.8. The highest BCUT2D eigenvalue weighted by Crippen LogP contribution is 2.70. The highest BCUT2D eigenvalue weighted by Gasteiger charge is 2.74. The summed E-state index contributed by atoms with van der Waals surface area (Å²) in [5.74, 6) is 0.0942. The van der Waals surface area contributed by atoms with E-state index in [4.69, 9.17) is 42.8 Å². The van der Waals surface area contributed by atoms with Gasteiger partial charge in [0.25, 0.3) is 5.56 Å². The number of nitrogens with zero attached hydrogens (tertiary/aromatic N) is 5. The number of carbonyl (C=O) groups is 1. The molecule has 3 saturated heterocycles. The summed E-state index contributed by atoms with van der Waals surface area (Å²) in [6, 6.07) is 13.8. The first-order valence-electron chi connectivity index (χ1n) is 21.8. The van der Waals surface area contributed by atoms with Gasteiger partial charge in [-0.15, -0.1) is 0 Å². The molecule has 4 N–H and O–H groups in total. The predicted molar refractivity (Wildman–Crippen MR) is 238 cm³/mol. The molecular formula is C42H47F2N7O14P2S. The second-order valence-corrected chi connectivity index (χ2v) is 22.0. The molecule has 0 amide bonds. The number of carbonyl (C=O) groups excluding carboxylic acids is 1. The summed E-state index contributed by atoms with van der Waals surface area (Å²) >= 11 is 0.601. The Bertz CT molecular complexity index is 2840. The van der Waals surface area contributed by atoms with Gasteiger partial charge in [-0.05, 0) is 59.8 Å². The molecule has 68 heavy (non-hydrogen) atoms. The predicted octanol–water partition coefficient (Wildman–Crippen LogP) is 6.49. The third-order valence-electron chi connectivity index (χ3n) is 11.9. The van der Waals surface area contributed by atoms with Crippen molar-refractivity contribution in [2.45, 2.75) is 112 Å². The number of anilines is 1. The van der Waals surface area contributed by atoms with Crippen molar-refractivity contribution in [3.63, 3.8) is 0 Å². The number of nitrogen functional groups attached to an aromatic ring is 1. The van der Waals surface area contributed by atoms with Gasteiger partial charge >= 0.3 is 26.3 Å². The lowest BCUT2D eigenvalue weighted by Crippen LogP contribution is -2.38. The molecule has 364 valence electrons. The van der Waals surface area contributed by atoms with Gasteiger partial charge in [-0.1, -0.05) is 51.2 Å². The summed E-state index contributed by atoms with van der Waals surface area (Å²) in [5.41, 5.74) is 3.22. The highest BCUT2D eigenvalue weighted by atomic mass is 32.7. The number of ether oxygens (including phenoxy) is 4. The van der Waals surface area contributed by atoms with E-state index in [2.05, 4.69) is 21.9 Å². The van der Waals surface area contributed by atoms with E-state index in [1.807, 2.05) is 4.98 Å². The van der Waals surface area contributed by atoms with Gasteiger partial charge in [-0.3, -0.25) is 37.0 Å². The number of aromatic nitrogens is 6. The maximum atomic E-state index is 17.0. The van der Waals surface area contributed by atoms with Gasteiger partial charge in [-0.2, -0.15) is 0 Å². The number of aromatic amines is 1. The first kappa shape index (κ1) is 48.2. The molecular weight excluding hydrogens is 959 g/mol. The first-order chi connectivity index (χ1) is 32.7. The lowest BCUT2D eigenvalue weighted by atomic mass is 10.1. The Kier molecular flexibility index (Phi) is 14.1. The number of H-pyrrole nitrogens is 1. The van der Waals surface area contributed by atoms with Crippen LogP contribution in [0.3, 0.4) is 0 Å². The summed E-state index contributed by atoms with van der Waals surface area (Å²) in [7, 11) is -5.33. The number of nitrogens with two attached hydrogens (primary N) is 1. The minimum atomic E-state index is -5.33. The van der Waals surface area contributed by atoms with Crippen LogP contribution in [0.2, 0.25) is 0 Å². The third-order valence-corrected chi connectivity index (χ3v) is 16.5. The second kappa shape index (κ2) is 19.9. The number of hydrogen-bond acceptors (Lipinski definition) is 18. The van der Waals surface area contributed by atoms with Crippen LogP contribution in [0.1, 0.15) is 80.2 Å². The number of fused-ring (bicyclic) bond motifs is 3. The monoisotopic (exact) mass is 1010 g/mol. The smallest absolute Gasteiger partial charge is 0.473 e. The zero-order chi connectivity index (χ0) is 47.8. The van der Waals surface area contributed by atoms with Crippen molar-refractivity contribution >= 4 is 49.0 Å². The number of halogens is 2. The zero-order valence-electron chi connectivity index (χ0n) is 36.2. The molecule has 3 aliphatic heterocycles. The summed E-state index contributed by atoms with van der Waals surface area (Å²) < 4.78 is 110. The molecule has 26 heteroatoms. The van der Waals surface area contributed by atoms with E-state index < -0.39 is 93.3 Å². The van der Waals surface area contributed by atoms with Crippen LogP contribution in [0.25, 0.3) is 11.2 Å². The molecule has 21 nitrogen and oxygen atoms in total. The number of alkyl halides is 2. The zero-order valence-corrected chi connectivity index (χ0v) is 38.8. The Labute approximate surface area is 389 Å². The number of esters is 1. The first-order valence-corrected chi connectivity index (χ1v) is 26.5. The number of imidazole rings is 1. The molecule has 3 unspecified atom stereocenters. The summed E-state index contributed by atoms with van der Waals surface area (Å²) in [5, 5.41) is 0. The topological polar surface area (TPSA) is 270 Å². The standard InChI is InChI=1S/C42H47F2N7O14P2S/c1-2-3-4-5-6-7-18-58-26-14-10-25(11-15-26)40(53)60-27-12-8-24(9-13-27)21-68-67(57)59-20-28-31(43)34(39(61-28)50-17-16-30(52)49-41(50)54)64-66(55,56)63-29-19-42(29)35(65-67)32(44)38(62-42)51-23-48-33-36(45)46-22-47-37(33)51/h8-17,22-23,28-29,31-32,34-35,38-39H,2-7,18-21H2,1H3,(H,55,56)(H2,45,46,47)(H,49,52,54)/t28-,29-,31-,32-,34-,35+,38-,39-,42?,67?/m1/s1. The normalized spacial score (nSPS) is 31.2. The molecule has 2 bridgehead atoms. The van der Waals surface area contributed by atoms with E-state index in [1.165, 1.54) is 48.7 Å². The van der Waals surface area contributed by atoms with Crippen LogP contribution < -0.4 is 26.5 Å². The molecule has 5 aromatic rings. The van der Waals surface area contributed by atoms with Crippen LogP contribution in [0, 0.1) is 0 Å². The van der Waals surface area contributed by atoms with Gasteiger partial charge in [0.1, 0.15) is 53.4 Å². The Hall–Kier alpha value is -4.87. The third kappa shape index (κ3) is 10.2. The Balaban J connectivity index is 0.933. The van der Waals surface area contributed by atoms with Gasteiger partial charge < -0.3 is 29.6 Å². The van der Waals surface area contributed by atoms with E-state index in [9.17, 15) is 23.8 Å². The van der Waals surface area contributed by atoms with Crippen molar-refractivity contribution < 1.29 is 64.6 Å². The van der Waals surface area contributed by atoms with Crippen molar-refractivity contribution in [2.75, 3.05) is 18.9 Å². The number of phosphoric ester groups is 1. The van der Waals surface area contributed by atoms with E-state index >= 15 is 13.3 Å². The van der Waals surface area contributed by atoms with Crippen LogP contribution in [-0.2, 0) is 42.5 Å². The van der Waals surface area contributed by atoms with Crippen molar-refractivity contribution in [2.24, 2.45) is 0 Å². The van der Waals surface area contributed by atoms with E-state index in [0.717, 1.165) is 36.0 Å². The van der Waals surface area contributed by atoms with E-state index in [1.54, 1.807) is 36.4 Å². The van der Waals surface area contributed by atoms with Crippen molar-refractivity contribution in [3.05, 3.63) is 105 Å². The number of rotatable bonds is 15. The highest BCUT2D eigenvalue weighted by molar-refractivity contribution is 8.54. The molecule has 1 saturated carbocycles. The second-order valence-electron chi connectivity index (χ2n) is 16.6. The molecule has 0 radical (unpaired) electrons. The van der Waals surface area contributed by atoms with Crippen molar-refractivity contribution in [1.29, 1.82) is 0 Å².